The number of nitro groups is 1. The number of aryl methyl sites for hydroxylation is 1. The van der Waals surface area contributed by atoms with Gasteiger partial charge in [-0.05, 0) is 54.8 Å². The predicted molar refractivity (Wildman–Crippen MR) is 152 cm³/mol. The van der Waals surface area contributed by atoms with Gasteiger partial charge in [0.25, 0.3) is 5.69 Å². The van der Waals surface area contributed by atoms with Gasteiger partial charge in [0.05, 0.1) is 40.1 Å². The molecule has 0 amide bonds. The predicted octanol–water partition coefficient (Wildman–Crippen LogP) is 4.58. The number of fused-ring (bicyclic) bond motifs is 1. The molecule has 0 spiro atoms. The Hall–Kier alpha value is -3.97. The number of hydrogen-bond donors (Lipinski definition) is 0. The summed E-state index contributed by atoms with van der Waals surface area (Å²) >= 11 is 1.39. The molecule has 1 saturated heterocycles. The molecular formula is C28H25N5O5S2. The van der Waals surface area contributed by atoms with Crippen molar-refractivity contribution in [3.63, 3.8) is 0 Å². The molecule has 0 N–H and O–H groups in total. The monoisotopic (exact) mass is 575 g/mol. The van der Waals surface area contributed by atoms with E-state index in [1.807, 2.05) is 17.5 Å². The first-order valence-corrected chi connectivity index (χ1v) is 15.1. The fourth-order valence-electron chi connectivity index (χ4n) is 4.80. The number of hydrogen-bond acceptors (Lipinski definition) is 8. The smallest absolute Gasteiger partial charge is 0.269 e. The van der Waals surface area contributed by atoms with Crippen LogP contribution in [0.3, 0.4) is 0 Å². The Balaban J connectivity index is 1.41. The van der Waals surface area contributed by atoms with Crippen molar-refractivity contribution in [3.8, 4) is 11.3 Å². The number of sulfonamides is 1. The van der Waals surface area contributed by atoms with Crippen molar-refractivity contribution in [2.75, 3.05) is 26.3 Å². The molecule has 1 fully saturated rings. The number of morpholine rings is 1. The lowest BCUT2D eigenvalue weighted by Gasteiger charge is -2.26. The molecule has 2 heterocycles. The summed E-state index contributed by atoms with van der Waals surface area (Å²) < 4.78 is 34.5. The van der Waals surface area contributed by atoms with Gasteiger partial charge in [-0.3, -0.25) is 10.1 Å². The van der Waals surface area contributed by atoms with Crippen molar-refractivity contribution in [2.24, 2.45) is 10.1 Å². The van der Waals surface area contributed by atoms with Gasteiger partial charge < -0.3 is 4.74 Å². The summed E-state index contributed by atoms with van der Waals surface area (Å²) in [6.45, 7) is 1.43. The van der Waals surface area contributed by atoms with Crippen molar-refractivity contribution in [1.82, 2.24) is 8.98 Å². The molecule has 6 rings (SSSR count). The van der Waals surface area contributed by atoms with Crippen molar-refractivity contribution in [2.45, 2.75) is 17.7 Å². The van der Waals surface area contributed by atoms with Crippen LogP contribution in [0.5, 0.6) is 0 Å². The largest absolute Gasteiger partial charge is 0.379 e. The minimum absolute atomic E-state index is 0.0126. The quantitative estimate of drug-likeness (QED) is 0.246. The lowest BCUT2D eigenvalue weighted by Crippen LogP contribution is -2.40. The fraction of sp³-hybridized carbons (Fsp3) is 0.214. The number of ether oxygens (including phenoxy) is 1. The summed E-state index contributed by atoms with van der Waals surface area (Å²) in [5, 5.41) is 18.1. The molecule has 4 aromatic rings. The van der Waals surface area contributed by atoms with Gasteiger partial charge in [0.15, 0.2) is 0 Å². The van der Waals surface area contributed by atoms with Gasteiger partial charge >= 0.3 is 0 Å². The summed E-state index contributed by atoms with van der Waals surface area (Å²) in [6.07, 6.45) is 1.69. The van der Waals surface area contributed by atoms with E-state index in [1.54, 1.807) is 41.1 Å². The highest BCUT2D eigenvalue weighted by Gasteiger charge is 2.26. The highest BCUT2D eigenvalue weighted by Crippen LogP contribution is 2.27. The second kappa shape index (κ2) is 10.9. The molecule has 1 aromatic heterocycles. The van der Waals surface area contributed by atoms with Crippen LogP contribution < -0.4 is 4.80 Å². The molecule has 0 saturated carbocycles. The maximum atomic E-state index is 13.0. The SMILES string of the molecule is O=[N+]([O-])c1ccc(-c2csc(=Nc3ccc(S(=O)(=O)N4CCOCC4)cc3)n2N=C2CCc3ccccc32)cc1. The Bertz CT molecular complexity index is 1770. The number of non-ortho nitro benzene ring substituents is 1. The number of benzene rings is 3. The van der Waals surface area contributed by atoms with Crippen LogP contribution in [0.4, 0.5) is 11.4 Å². The first kappa shape index (κ1) is 26.3. The van der Waals surface area contributed by atoms with Crippen LogP contribution in [0.1, 0.15) is 17.5 Å². The highest BCUT2D eigenvalue weighted by molar-refractivity contribution is 7.89. The zero-order valence-electron chi connectivity index (χ0n) is 21.3. The zero-order valence-corrected chi connectivity index (χ0v) is 23.0. The number of rotatable bonds is 6. The molecule has 2 aliphatic rings. The van der Waals surface area contributed by atoms with Crippen molar-refractivity contribution < 1.29 is 18.1 Å². The van der Waals surface area contributed by atoms with Crippen LogP contribution >= 0.6 is 11.3 Å². The van der Waals surface area contributed by atoms with Crippen molar-refractivity contribution in [1.29, 1.82) is 0 Å². The van der Waals surface area contributed by atoms with E-state index in [0.717, 1.165) is 35.4 Å². The standard InChI is InChI=1S/C28H25N5O5S2/c34-33(35)23-10-5-21(6-11-23)27-19-39-28(32(27)30-26-14-7-20-3-1-2-4-25(20)26)29-22-8-12-24(13-9-22)40(36,37)31-15-17-38-18-16-31/h1-6,8-13,19H,7,14-18H2. The molecule has 1 aliphatic carbocycles. The molecule has 10 nitrogen and oxygen atoms in total. The molecule has 3 aromatic carbocycles. The van der Waals surface area contributed by atoms with Crippen molar-refractivity contribution in [3.05, 3.63) is 104 Å². The van der Waals surface area contributed by atoms with E-state index < -0.39 is 14.9 Å². The molecule has 1 aliphatic heterocycles. The van der Waals surface area contributed by atoms with Crippen LogP contribution in [-0.2, 0) is 21.2 Å². The van der Waals surface area contributed by atoms with Gasteiger partial charge in [-0.1, -0.05) is 24.3 Å². The Labute approximate surface area is 234 Å². The lowest BCUT2D eigenvalue weighted by atomic mass is 10.1. The van der Waals surface area contributed by atoms with E-state index in [4.69, 9.17) is 14.8 Å². The number of aromatic nitrogens is 1. The molecule has 0 unspecified atom stereocenters. The topological polar surface area (TPSA) is 119 Å². The molecule has 0 atom stereocenters. The second-order valence-corrected chi connectivity index (χ2v) is 12.1. The van der Waals surface area contributed by atoms with Gasteiger partial charge in [-0.25, -0.2) is 18.1 Å². The summed E-state index contributed by atoms with van der Waals surface area (Å²) in [5.74, 6) is 0. The Morgan fingerprint density at radius 1 is 0.925 bits per heavy atom. The van der Waals surface area contributed by atoms with E-state index in [9.17, 15) is 18.5 Å². The van der Waals surface area contributed by atoms with Crippen LogP contribution in [0, 0.1) is 10.1 Å². The van der Waals surface area contributed by atoms with Gasteiger partial charge in [0.1, 0.15) is 0 Å². The summed E-state index contributed by atoms with van der Waals surface area (Å²) in [4.78, 5) is 16.3. The van der Waals surface area contributed by atoms with E-state index in [2.05, 4.69) is 12.1 Å². The lowest BCUT2D eigenvalue weighted by molar-refractivity contribution is -0.384. The normalized spacial score (nSPS) is 17.3. The first-order valence-electron chi connectivity index (χ1n) is 12.7. The molecule has 0 radical (unpaired) electrons. The third-order valence-corrected chi connectivity index (χ3v) is 9.64. The van der Waals surface area contributed by atoms with Crippen LogP contribution in [0.15, 0.2) is 93.2 Å². The highest BCUT2D eigenvalue weighted by atomic mass is 32.2. The summed E-state index contributed by atoms with van der Waals surface area (Å²) in [6, 6.07) is 21.0. The van der Waals surface area contributed by atoms with E-state index in [0.29, 0.717) is 36.8 Å². The fourth-order valence-corrected chi connectivity index (χ4v) is 7.06. The Morgan fingerprint density at radius 3 is 2.38 bits per heavy atom. The summed E-state index contributed by atoms with van der Waals surface area (Å²) in [5.41, 5.74) is 5.39. The third kappa shape index (κ3) is 5.13. The van der Waals surface area contributed by atoms with E-state index >= 15 is 0 Å². The van der Waals surface area contributed by atoms with E-state index in [1.165, 1.54) is 33.3 Å². The third-order valence-electron chi connectivity index (χ3n) is 6.91. The average Bonchev–Trinajstić information content (AvgIpc) is 3.58. The molecule has 12 heteroatoms. The van der Waals surface area contributed by atoms with Gasteiger partial charge in [-0.2, -0.15) is 9.41 Å². The average molecular weight is 576 g/mol. The zero-order chi connectivity index (χ0) is 27.7. The first-order chi connectivity index (χ1) is 19.4. The molecule has 204 valence electrons. The molecule has 0 bridgehead atoms. The van der Waals surface area contributed by atoms with Crippen LogP contribution in [0.25, 0.3) is 11.3 Å². The Morgan fingerprint density at radius 2 is 1.65 bits per heavy atom. The number of thiazole rings is 1. The maximum absolute atomic E-state index is 13.0. The van der Waals surface area contributed by atoms with Gasteiger partial charge in [-0.15, -0.1) is 11.3 Å². The van der Waals surface area contributed by atoms with Crippen molar-refractivity contribution >= 4 is 38.4 Å². The van der Waals surface area contributed by atoms with Crippen LogP contribution in [-0.4, -0.2) is 54.3 Å². The minimum Gasteiger partial charge on any atom is -0.379 e. The summed E-state index contributed by atoms with van der Waals surface area (Å²) in [7, 11) is -3.61. The van der Waals surface area contributed by atoms with Gasteiger partial charge in [0, 0.05) is 41.7 Å². The number of nitro benzene ring substituents is 1. The van der Waals surface area contributed by atoms with Gasteiger partial charge in [0.2, 0.25) is 14.8 Å². The molecular weight excluding hydrogens is 550 g/mol. The minimum atomic E-state index is -3.61. The molecule has 40 heavy (non-hydrogen) atoms. The number of nitrogens with zero attached hydrogens (tertiary/aromatic N) is 5. The second-order valence-electron chi connectivity index (χ2n) is 9.35. The maximum Gasteiger partial charge on any atom is 0.269 e. The Kier molecular flexibility index (Phi) is 7.15. The van der Waals surface area contributed by atoms with E-state index in [-0.39, 0.29) is 10.6 Å². The van der Waals surface area contributed by atoms with Crippen LogP contribution in [0.2, 0.25) is 0 Å².